The lowest BCUT2D eigenvalue weighted by Crippen LogP contribution is -2.42. The molecule has 100 valence electrons. The highest BCUT2D eigenvalue weighted by Gasteiger charge is 2.41. The molecule has 1 aliphatic rings. The summed E-state index contributed by atoms with van der Waals surface area (Å²) in [5.41, 5.74) is 1.21. The molecule has 1 saturated carbocycles. The number of methoxy groups -OCH3 is 2. The quantitative estimate of drug-likeness (QED) is 0.870. The third-order valence-corrected chi connectivity index (χ3v) is 4.12. The van der Waals surface area contributed by atoms with Crippen LogP contribution in [0.1, 0.15) is 37.3 Å². The van der Waals surface area contributed by atoms with E-state index in [2.05, 4.69) is 17.4 Å². The van der Waals surface area contributed by atoms with Gasteiger partial charge in [-0.2, -0.15) is 0 Å². The molecule has 1 N–H and O–H groups in total. The van der Waals surface area contributed by atoms with Gasteiger partial charge < -0.3 is 14.8 Å². The van der Waals surface area contributed by atoms with Crippen LogP contribution < -0.4 is 10.1 Å². The Hall–Kier alpha value is -1.06. The number of rotatable bonds is 5. The summed E-state index contributed by atoms with van der Waals surface area (Å²) in [5.74, 6) is 0.895. The Bertz CT molecular complexity index is 369. The van der Waals surface area contributed by atoms with Gasteiger partial charge in [0.1, 0.15) is 5.75 Å². The number of benzene rings is 1. The second kappa shape index (κ2) is 5.72. The van der Waals surface area contributed by atoms with E-state index < -0.39 is 0 Å². The van der Waals surface area contributed by atoms with Gasteiger partial charge in [-0.3, -0.25) is 0 Å². The van der Waals surface area contributed by atoms with E-state index in [1.54, 1.807) is 7.11 Å². The van der Waals surface area contributed by atoms with Gasteiger partial charge in [-0.15, -0.1) is 0 Å². The molecule has 0 bridgehead atoms. The largest absolute Gasteiger partial charge is 0.497 e. The van der Waals surface area contributed by atoms with Crippen molar-refractivity contribution in [3.63, 3.8) is 0 Å². The van der Waals surface area contributed by atoms with Crippen molar-refractivity contribution in [3.8, 4) is 5.75 Å². The van der Waals surface area contributed by atoms with E-state index >= 15 is 0 Å². The molecule has 0 spiro atoms. The minimum absolute atomic E-state index is 0.0522. The normalized spacial score (nSPS) is 19.7. The van der Waals surface area contributed by atoms with E-state index in [1.165, 1.54) is 18.4 Å². The number of likely N-dealkylation sites (N-methyl/N-ethyl adjacent to an activating group) is 1. The second-order valence-corrected chi connectivity index (χ2v) is 4.97. The smallest absolute Gasteiger partial charge is 0.118 e. The van der Waals surface area contributed by atoms with Gasteiger partial charge in [-0.1, -0.05) is 25.0 Å². The summed E-state index contributed by atoms with van der Waals surface area (Å²) >= 11 is 0. The summed E-state index contributed by atoms with van der Waals surface area (Å²) < 4.78 is 11.1. The molecule has 2 rings (SSSR count). The van der Waals surface area contributed by atoms with E-state index in [9.17, 15) is 0 Å². The fourth-order valence-corrected chi connectivity index (χ4v) is 3.11. The van der Waals surface area contributed by atoms with Gasteiger partial charge in [0.15, 0.2) is 0 Å². The molecule has 0 aromatic heterocycles. The summed E-state index contributed by atoms with van der Waals surface area (Å²) in [6.45, 7) is 0. The molecule has 3 nitrogen and oxygen atoms in total. The zero-order valence-electron chi connectivity index (χ0n) is 11.5. The van der Waals surface area contributed by atoms with Gasteiger partial charge in [0.05, 0.1) is 18.8 Å². The van der Waals surface area contributed by atoms with Crippen molar-refractivity contribution in [1.82, 2.24) is 5.32 Å². The summed E-state index contributed by atoms with van der Waals surface area (Å²) in [7, 11) is 5.53. The third-order valence-electron chi connectivity index (χ3n) is 4.12. The van der Waals surface area contributed by atoms with Crippen LogP contribution in [0, 0.1) is 0 Å². The Balaban J connectivity index is 2.26. The molecule has 1 aromatic carbocycles. The van der Waals surface area contributed by atoms with Crippen molar-refractivity contribution in [2.75, 3.05) is 21.3 Å². The lowest BCUT2D eigenvalue weighted by atomic mass is 9.87. The van der Waals surface area contributed by atoms with Crippen LogP contribution >= 0.6 is 0 Å². The monoisotopic (exact) mass is 249 g/mol. The molecule has 0 aliphatic heterocycles. The molecule has 1 aliphatic carbocycles. The van der Waals surface area contributed by atoms with Crippen LogP contribution in [0.4, 0.5) is 0 Å². The minimum atomic E-state index is -0.0522. The molecule has 1 unspecified atom stereocenters. The number of hydrogen-bond donors (Lipinski definition) is 1. The SMILES string of the molecule is CNC(c1ccc(OC)cc1)C1(OC)CCCC1. The first-order chi connectivity index (χ1) is 8.75. The van der Waals surface area contributed by atoms with E-state index in [0.717, 1.165) is 18.6 Å². The molecular formula is C15H23NO2. The van der Waals surface area contributed by atoms with Gasteiger partial charge in [0.25, 0.3) is 0 Å². The average Bonchev–Trinajstić information content (AvgIpc) is 2.90. The zero-order valence-corrected chi connectivity index (χ0v) is 11.5. The highest BCUT2D eigenvalue weighted by Crippen LogP contribution is 2.42. The van der Waals surface area contributed by atoms with Crippen LogP contribution in [0.25, 0.3) is 0 Å². The fraction of sp³-hybridized carbons (Fsp3) is 0.600. The van der Waals surface area contributed by atoms with Crippen LogP contribution in [-0.2, 0) is 4.74 Å². The lowest BCUT2D eigenvalue weighted by molar-refractivity contribution is -0.0349. The summed E-state index contributed by atoms with van der Waals surface area (Å²) in [4.78, 5) is 0. The Morgan fingerprint density at radius 3 is 2.17 bits per heavy atom. The van der Waals surface area contributed by atoms with Gasteiger partial charge in [0.2, 0.25) is 0 Å². The van der Waals surface area contributed by atoms with Gasteiger partial charge in [-0.05, 0) is 37.6 Å². The van der Waals surface area contributed by atoms with Crippen LogP contribution in [0.2, 0.25) is 0 Å². The van der Waals surface area contributed by atoms with Crippen molar-refractivity contribution in [1.29, 1.82) is 0 Å². The molecule has 18 heavy (non-hydrogen) atoms. The van der Waals surface area contributed by atoms with Crippen molar-refractivity contribution >= 4 is 0 Å². The molecule has 3 heteroatoms. The first kappa shape index (κ1) is 13.4. The first-order valence-corrected chi connectivity index (χ1v) is 6.62. The highest BCUT2D eigenvalue weighted by molar-refractivity contribution is 5.31. The average molecular weight is 249 g/mol. The maximum atomic E-state index is 5.87. The summed E-state index contributed by atoms with van der Waals surface area (Å²) in [6.07, 6.45) is 4.76. The van der Waals surface area contributed by atoms with Crippen molar-refractivity contribution in [2.24, 2.45) is 0 Å². The summed E-state index contributed by atoms with van der Waals surface area (Å²) in [6, 6.07) is 8.52. The zero-order chi connectivity index (χ0) is 13.0. The molecule has 0 saturated heterocycles. The maximum absolute atomic E-state index is 5.87. The Morgan fingerprint density at radius 1 is 1.11 bits per heavy atom. The molecule has 0 heterocycles. The predicted octanol–water partition coefficient (Wildman–Crippen LogP) is 2.91. The molecular weight excluding hydrogens is 226 g/mol. The van der Waals surface area contributed by atoms with E-state index in [-0.39, 0.29) is 11.6 Å². The van der Waals surface area contributed by atoms with Crippen molar-refractivity contribution < 1.29 is 9.47 Å². The molecule has 1 fully saturated rings. The molecule has 0 amide bonds. The van der Waals surface area contributed by atoms with E-state index in [0.29, 0.717) is 0 Å². The van der Waals surface area contributed by atoms with E-state index in [1.807, 2.05) is 26.3 Å². The fourth-order valence-electron chi connectivity index (χ4n) is 3.11. The number of nitrogens with one attached hydrogen (secondary N) is 1. The van der Waals surface area contributed by atoms with Crippen molar-refractivity contribution in [2.45, 2.75) is 37.3 Å². The standard InChI is InChI=1S/C15H23NO2/c1-16-14(15(18-3)10-4-5-11-15)12-6-8-13(17-2)9-7-12/h6-9,14,16H,4-5,10-11H2,1-3H3. The number of hydrogen-bond acceptors (Lipinski definition) is 3. The van der Waals surface area contributed by atoms with Crippen LogP contribution in [0.5, 0.6) is 5.75 Å². The third kappa shape index (κ3) is 2.38. The first-order valence-electron chi connectivity index (χ1n) is 6.62. The van der Waals surface area contributed by atoms with Crippen LogP contribution in [0.15, 0.2) is 24.3 Å². The topological polar surface area (TPSA) is 30.5 Å². The second-order valence-electron chi connectivity index (χ2n) is 4.97. The molecule has 0 radical (unpaired) electrons. The molecule has 1 atom stereocenters. The predicted molar refractivity (Wildman–Crippen MR) is 73.0 cm³/mol. The van der Waals surface area contributed by atoms with Gasteiger partial charge >= 0.3 is 0 Å². The Labute approximate surface area is 109 Å². The van der Waals surface area contributed by atoms with Gasteiger partial charge in [0, 0.05) is 7.11 Å². The minimum Gasteiger partial charge on any atom is -0.497 e. The summed E-state index contributed by atoms with van der Waals surface area (Å²) in [5, 5.41) is 3.42. The Kier molecular flexibility index (Phi) is 4.25. The van der Waals surface area contributed by atoms with Gasteiger partial charge in [-0.25, -0.2) is 0 Å². The maximum Gasteiger partial charge on any atom is 0.118 e. The lowest BCUT2D eigenvalue weighted by Gasteiger charge is -2.36. The van der Waals surface area contributed by atoms with E-state index in [4.69, 9.17) is 9.47 Å². The Morgan fingerprint density at radius 2 is 1.72 bits per heavy atom. The molecule has 1 aromatic rings. The van der Waals surface area contributed by atoms with Crippen LogP contribution in [0.3, 0.4) is 0 Å². The van der Waals surface area contributed by atoms with Crippen LogP contribution in [-0.4, -0.2) is 26.9 Å². The van der Waals surface area contributed by atoms with Crippen molar-refractivity contribution in [3.05, 3.63) is 29.8 Å². The number of ether oxygens (including phenoxy) is 2. The highest BCUT2D eigenvalue weighted by atomic mass is 16.5.